The van der Waals surface area contributed by atoms with Crippen LogP contribution in [-0.4, -0.2) is 27.7 Å². The third kappa shape index (κ3) is 5.17. The minimum atomic E-state index is -5.12. The molecule has 17 heavy (non-hydrogen) atoms. The van der Waals surface area contributed by atoms with Crippen molar-refractivity contribution in [2.75, 3.05) is 0 Å². The van der Waals surface area contributed by atoms with Crippen LogP contribution in [0.4, 0.5) is 26.3 Å². The van der Waals surface area contributed by atoms with Gasteiger partial charge in [0.05, 0.1) is 0 Å². The van der Waals surface area contributed by atoms with Crippen molar-refractivity contribution in [1.82, 2.24) is 15.0 Å². The molecule has 0 spiro atoms. The van der Waals surface area contributed by atoms with E-state index in [1.165, 1.54) is 0 Å². The summed E-state index contributed by atoms with van der Waals surface area (Å²) in [6.45, 7) is 1.05. The first-order valence-corrected chi connectivity index (χ1v) is 3.79. The summed E-state index contributed by atoms with van der Waals surface area (Å²) in [7, 11) is 0. The van der Waals surface area contributed by atoms with Crippen LogP contribution in [0.3, 0.4) is 0 Å². The van der Waals surface area contributed by atoms with E-state index in [0.717, 1.165) is 6.92 Å². The molecule has 0 atom stereocenters. The van der Waals surface area contributed by atoms with Crippen molar-refractivity contribution in [3.05, 3.63) is 5.82 Å². The molecule has 0 saturated carbocycles. The van der Waals surface area contributed by atoms with Crippen LogP contribution in [0.15, 0.2) is 0 Å². The van der Waals surface area contributed by atoms with Gasteiger partial charge in [-0.2, -0.15) is 9.97 Å². The molecule has 0 aliphatic heterocycles. The zero-order valence-corrected chi connectivity index (χ0v) is 7.93. The Kier molecular flexibility index (Phi) is 3.29. The Bertz CT molecular complexity index is 369. The lowest BCUT2D eigenvalue weighted by Crippen LogP contribution is -2.22. The lowest BCUT2D eigenvalue weighted by molar-refractivity contribution is -0.281. The Morgan fingerprint density at radius 1 is 0.765 bits per heavy atom. The smallest absolute Gasteiger partial charge is 0.370 e. The summed E-state index contributed by atoms with van der Waals surface area (Å²) < 4.78 is 77.0. The number of hydrogen-bond donors (Lipinski definition) is 0. The summed E-state index contributed by atoms with van der Waals surface area (Å²) in [4.78, 5) is 8.77. The standard InChI is InChI=1S/C6H3F6N3O2/c1-2-13-3(16-5(7,8)9)15-4(14-2)17-6(10,11)12/h1H3. The fraction of sp³-hybridized carbons (Fsp3) is 0.500. The van der Waals surface area contributed by atoms with Crippen molar-refractivity contribution < 1.29 is 35.8 Å². The molecule has 1 aromatic heterocycles. The lowest BCUT2D eigenvalue weighted by atomic mass is 10.7. The van der Waals surface area contributed by atoms with Crippen LogP contribution < -0.4 is 9.47 Å². The topological polar surface area (TPSA) is 57.1 Å². The van der Waals surface area contributed by atoms with Gasteiger partial charge in [0, 0.05) is 0 Å². The van der Waals surface area contributed by atoms with Crippen LogP contribution in [0.2, 0.25) is 0 Å². The first-order chi connectivity index (χ1) is 7.55. The summed E-state index contributed by atoms with van der Waals surface area (Å²) >= 11 is 0. The Morgan fingerprint density at radius 3 is 1.41 bits per heavy atom. The molecule has 0 aromatic carbocycles. The van der Waals surface area contributed by atoms with Crippen LogP contribution in [0.5, 0.6) is 12.0 Å². The number of alkyl halides is 6. The molecular formula is C6H3F6N3O2. The van der Waals surface area contributed by atoms with E-state index in [4.69, 9.17) is 0 Å². The summed E-state index contributed by atoms with van der Waals surface area (Å²) in [5.74, 6) is -0.418. The molecule has 0 bridgehead atoms. The Labute approximate surface area is 89.4 Å². The molecule has 11 heteroatoms. The largest absolute Gasteiger partial charge is 0.575 e. The lowest BCUT2D eigenvalue weighted by Gasteiger charge is -2.10. The fourth-order valence-corrected chi connectivity index (χ4v) is 0.732. The summed E-state index contributed by atoms with van der Waals surface area (Å²) in [5, 5.41) is 0. The van der Waals surface area contributed by atoms with Crippen molar-refractivity contribution in [2.24, 2.45) is 0 Å². The number of halogens is 6. The van der Waals surface area contributed by atoms with Gasteiger partial charge >= 0.3 is 24.7 Å². The molecule has 0 radical (unpaired) electrons. The first kappa shape index (κ1) is 13.3. The predicted molar refractivity (Wildman–Crippen MR) is 37.9 cm³/mol. The molecule has 1 heterocycles. The maximum Gasteiger partial charge on any atom is 0.575 e. The maximum absolute atomic E-state index is 11.8. The maximum atomic E-state index is 11.8. The zero-order valence-electron chi connectivity index (χ0n) is 7.93. The SMILES string of the molecule is Cc1nc(OC(F)(F)F)nc(OC(F)(F)F)n1. The van der Waals surface area contributed by atoms with Gasteiger partial charge in [-0.05, 0) is 6.92 Å². The van der Waals surface area contributed by atoms with Crippen molar-refractivity contribution in [3.63, 3.8) is 0 Å². The minimum Gasteiger partial charge on any atom is -0.370 e. The highest BCUT2D eigenvalue weighted by atomic mass is 19.4. The van der Waals surface area contributed by atoms with E-state index in [0.29, 0.717) is 0 Å². The van der Waals surface area contributed by atoms with E-state index in [1.807, 2.05) is 0 Å². The Balaban J connectivity index is 2.95. The van der Waals surface area contributed by atoms with E-state index < -0.39 is 30.6 Å². The molecule has 0 N–H and O–H groups in total. The molecule has 0 saturated heterocycles. The van der Waals surface area contributed by atoms with E-state index in [2.05, 4.69) is 24.4 Å². The van der Waals surface area contributed by atoms with Gasteiger partial charge in [0.1, 0.15) is 5.82 Å². The second-order valence-corrected chi connectivity index (χ2v) is 2.54. The second-order valence-electron chi connectivity index (χ2n) is 2.54. The third-order valence-corrected chi connectivity index (χ3v) is 1.12. The van der Waals surface area contributed by atoms with Gasteiger partial charge in [-0.15, -0.1) is 31.3 Å². The normalized spacial score (nSPS) is 12.4. The molecule has 0 unspecified atom stereocenters. The van der Waals surface area contributed by atoms with E-state index >= 15 is 0 Å². The van der Waals surface area contributed by atoms with E-state index in [9.17, 15) is 26.3 Å². The van der Waals surface area contributed by atoms with Gasteiger partial charge in [0.15, 0.2) is 0 Å². The molecule has 0 aliphatic carbocycles. The van der Waals surface area contributed by atoms with Crippen molar-refractivity contribution in [2.45, 2.75) is 19.6 Å². The van der Waals surface area contributed by atoms with Crippen molar-refractivity contribution in [1.29, 1.82) is 0 Å². The Morgan fingerprint density at radius 2 is 1.12 bits per heavy atom. The van der Waals surface area contributed by atoms with Crippen molar-refractivity contribution in [3.8, 4) is 12.0 Å². The average molecular weight is 263 g/mol. The van der Waals surface area contributed by atoms with Gasteiger partial charge < -0.3 is 9.47 Å². The summed E-state index contributed by atoms with van der Waals surface area (Å²) in [5.41, 5.74) is 0. The number of rotatable bonds is 2. The molecule has 0 aliphatic rings. The predicted octanol–water partition coefficient (Wildman–Crippen LogP) is 1.98. The zero-order chi connectivity index (χ0) is 13.3. The van der Waals surface area contributed by atoms with Crippen LogP contribution in [0, 0.1) is 6.92 Å². The van der Waals surface area contributed by atoms with Gasteiger partial charge in [-0.25, -0.2) is 0 Å². The number of ether oxygens (including phenoxy) is 2. The Hall–Kier alpha value is -1.81. The molecule has 96 valence electrons. The van der Waals surface area contributed by atoms with Crippen LogP contribution in [0.25, 0.3) is 0 Å². The summed E-state index contributed by atoms with van der Waals surface area (Å²) in [6, 6.07) is -2.66. The summed E-state index contributed by atoms with van der Waals surface area (Å²) in [6.07, 6.45) is -10.2. The molecule has 5 nitrogen and oxygen atoms in total. The quantitative estimate of drug-likeness (QED) is 0.763. The molecule has 0 fully saturated rings. The van der Waals surface area contributed by atoms with Crippen LogP contribution >= 0.6 is 0 Å². The second kappa shape index (κ2) is 4.22. The van der Waals surface area contributed by atoms with Gasteiger partial charge in [-0.3, -0.25) is 0 Å². The minimum absolute atomic E-state index is 0.418. The van der Waals surface area contributed by atoms with E-state index in [1.54, 1.807) is 0 Å². The monoisotopic (exact) mass is 263 g/mol. The molecular weight excluding hydrogens is 260 g/mol. The highest BCUT2D eigenvalue weighted by Gasteiger charge is 2.35. The highest BCUT2D eigenvalue weighted by molar-refractivity contribution is 5.04. The number of hydrogen-bond acceptors (Lipinski definition) is 5. The molecule has 1 rings (SSSR count). The highest BCUT2D eigenvalue weighted by Crippen LogP contribution is 2.23. The number of aryl methyl sites for hydroxylation is 1. The van der Waals surface area contributed by atoms with Crippen LogP contribution in [0.1, 0.15) is 5.82 Å². The number of nitrogens with zero attached hydrogens (tertiary/aromatic N) is 3. The van der Waals surface area contributed by atoms with Gasteiger partial charge in [-0.1, -0.05) is 0 Å². The fourth-order valence-electron chi connectivity index (χ4n) is 0.732. The molecule has 0 amide bonds. The first-order valence-electron chi connectivity index (χ1n) is 3.79. The van der Waals surface area contributed by atoms with Gasteiger partial charge in [0.2, 0.25) is 0 Å². The molecule has 1 aromatic rings. The third-order valence-electron chi connectivity index (χ3n) is 1.12. The van der Waals surface area contributed by atoms with Gasteiger partial charge in [0.25, 0.3) is 0 Å². The van der Waals surface area contributed by atoms with Crippen LogP contribution in [-0.2, 0) is 0 Å². The van der Waals surface area contributed by atoms with E-state index in [-0.39, 0.29) is 0 Å². The number of aromatic nitrogens is 3. The van der Waals surface area contributed by atoms with Crippen molar-refractivity contribution >= 4 is 0 Å². The average Bonchev–Trinajstić information content (AvgIpc) is 1.93.